The van der Waals surface area contributed by atoms with Gasteiger partial charge < -0.3 is 4.84 Å². The van der Waals surface area contributed by atoms with E-state index in [-0.39, 0.29) is 9.79 Å². The Hall–Kier alpha value is -2.92. The largest absolute Gasteiger partial charge is 0.399 e. The second-order valence-electron chi connectivity index (χ2n) is 5.80. The smallest absolute Gasteiger partial charge is 0.207 e. The molecule has 0 unspecified atom stereocenters. The molecule has 0 atom stereocenters. The number of hydrogen-bond donors (Lipinski definition) is 0. The van der Waals surface area contributed by atoms with Crippen molar-refractivity contribution in [1.82, 2.24) is 0 Å². The van der Waals surface area contributed by atoms with Crippen molar-refractivity contribution in [2.45, 2.75) is 16.7 Å². The van der Waals surface area contributed by atoms with E-state index in [1.54, 1.807) is 48.5 Å². The second-order valence-corrected chi connectivity index (χ2v) is 7.72. The first kappa shape index (κ1) is 17.9. The molecule has 0 heterocycles. The third kappa shape index (κ3) is 3.53. The van der Waals surface area contributed by atoms with Crippen LogP contribution in [0.25, 0.3) is 0 Å². The summed E-state index contributed by atoms with van der Waals surface area (Å²) in [5.74, 6) is 0. The Morgan fingerprint density at radius 2 is 1.46 bits per heavy atom. The van der Waals surface area contributed by atoms with Crippen LogP contribution in [0.2, 0.25) is 0 Å². The van der Waals surface area contributed by atoms with E-state index >= 15 is 0 Å². The average Bonchev–Trinajstić information content (AvgIpc) is 2.67. The molecule has 5 heteroatoms. The molecular weight excluding hydrogens is 346 g/mol. The lowest BCUT2D eigenvalue weighted by Gasteiger charge is -2.13. The minimum Gasteiger partial charge on any atom is -0.399 e. The molecule has 0 aliphatic heterocycles. The van der Waals surface area contributed by atoms with Crippen molar-refractivity contribution in [3.05, 3.63) is 95.6 Å². The molecule has 26 heavy (non-hydrogen) atoms. The van der Waals surface area contributed by atoms with Crippen LogP contribution < -0.4 is 0 Å². The lowest BCUT2D eigenvalue weighted by molar-refractivity contribution is 0.214. The molecule has 0 N–H and O–H groups in total. The first-order valence-corrected chi connectivity index (χ1v) is 9.60. The van der Waals surface area contributed by atoms with E-state index in [1.807, 2.05) is 37.3 Å². The molecular formula is C21H19NO3S. The predicted octanol–water partition coefficient (Wildman–Crippen LogP) is 4.23. The third-order valence-corrected chi connectivity index (χ3v) is 5.82. The topological polar surface area (TPSA) is 55.7 Å². The van der Waals surface area contributed by atoms with Gasteiger partial charge in [0, 0.05) is 11.1 Å². The molecule has 0 saturated heterocycles. The highest BCUT2D eigenvalue weighted by Crippen LogP contribution is 2.26. The summed E-state index contributed by atoms with van der Waals surface area (Å²) in [6.07, 6.45) is 0. The van der Waals surface area contributed by atoms with Gasteiger partial charge in [0.15, 0.2) is 0 Å². The summed E-state index contributed by atoms with van der Waals surface area (Å²) >= 11 is 0. The van der Waals surface area contributed by atoms with E-state index < -0.39 is 9.84 Å². The monoisotopic (exact) mass is 365 g/mol. The molecule has 132 valence electrons. The summed E-state index contributed by atoms with van der Waals surface area (Å²) in [5, 5.41) is 4.10. The Morgan fingerprint density at radius 1 is 0.846 bits per heavy atom. The molecule has 0 aromatic heterocycles. The number of sulfone groups is 1. The highest BCUT2D eigenvalue weighted by molar-refractivity contribution is 7.91. The van der Waals surface area contributed by atoms with E-state index in [1.165, 1.54) is 7.11 Å². The summed E-state index contributed by atoms with van der Waals surface area (Å²) in [4.78, 5) is 5.44. The van der Waals surface area contributed by atoms with Gasteiger partial charge in [-0.1, -0.05) is 71.4 Å². The van der Waals surface area contributed by atoms with Crippen LogP contribution in [0.1, 0.15) is 16.7 Å². The molecule has 0 fully saturated rings. The van der Waals surface area contributed by atoms with Crippen molar-refractivity contribution in [2.75, 3.05) is 7.11 Å². The zero-order valence-corrected chi connectivity index (χ0v) is 15.4. The normalized spacial score (nSPS) is 12.0. The van der Waals surface area contributed by atoms with Gasteiger partial charge in [-0.3, -0.25) is 0 Å². The predicted molar refractivity (Wildman–Crippen MR) is 102 cm³/mol. The summed E-state index contributed by atoms with van der Waals surface area (Å²) in [6.45, 7) is 1.92. The Balaban J connectivity index is 2.19. The zero-order chi connectivity index (χ0) is 18.6. The highest BCUT2D eigenvalue weighted by atomic mass is 32.2. The third-order valence-electron chi connectivity index (χ3n) is 3.99. The van der Waals surface area contributed by atoms with Gasteiger partial charge in [0.1, 0.15) is 12.8 Å². The minimum absolute atomic E-state index is 0.198. The average molecular weight is 365 g/mol. The molecule has 0 amide bonds. The van der Waals surface area contributed by atoms with E-state index in [2.05, 4.69) is 5.16 Å². The van der Waals surface area contributed by atoms with Gasteiger partial charge in [-0.2, -0.15) is 0 Å². The maximum atomic E-state index is 13.2. The molecule has 0 saturated carbocycles. The van der Waals surface area contributed by atoms with Gasteiger partial charge in [0.25, 0.3) is 0 Å². The summed E-state index contributed by atoms with van der Waals surface area (Å²) in [7, 11) is -2.25. The van der Waals surface area contributed by atoms with Crippen molar-refractivity contribution < 1.29 is 13.3 Å². The molecule has 3 aromatic rings. The molecule has 3 aromatic carbocycles. The van der Waals surface area contributed by atoms with Gasteiger partial charge in [-0.05, 0) is 25.1 Å². The number of rotatable bonds is 5. The molecule has 4 nitrogen and oxygen atoms in total. The molecule has 0 radical (unpaired) electrons. The first-order valence-electron chi connectivity index (χ1n) is 8.12. The van der Waals surface area contributed by atoms with Crippen molar-refractivity contribution in [1.29, 1.82) is 0 Å². The van der Waals surface area contributed by atoms with Crippen molar-refractivity contribution >= 4 is 15.5 Å². The maximum Gasteiger partial charge on any atom is 0.207 e. The zero-order valence-electron chi connectivity index (χ0n) is 14.6. The fourth-order valence-corrected chi connectivity index (χ4v) is 4.15. The van der Waals surface area contributed by atoms with Crippen LogP contribution in [-0.2, 0) is 14.7 Å². The Bertz CT molecular complexity index is 1020. The number of aryl methyl sites for hydroxylation is 1. The SMILES string of the molecule is CO/N=C(\c1ccccc1)c1ccccc1S(=O)(=O)c1ccc(C)cc1. The van der Waals surface area contributed by atoms with Crippen LogP contribution >= 0.6 is 0 Å². The van der Waals surface area contributed by atoms with Crippen LogP contribution in [0.3, 0.4) is 0 Å². The fraction of sp³-hybridized carbons (Fsp3) is 0.0952. The molecule has 0 aliphatic carbocycles. The number of hydrogen-bond acceptors (Lipinski definition) is 4. The van der Waals surface area contributed by atoms with Crippen LogP contribution in [-0.4, -0.2) is 21.2 Å². The maximum absolute atomic E-state index is 13.2. The van der Waals surface area contributed by atoms with Crippen LogP contribution in [0.4, 0.5) is 0 Å². The summed E-state index contributed by atoms with van der Waals surface area (Å²) in [5.41, 5.74) is 2.75. The van der Waals surface area contributed by atoms with E-state index in [9.17, 15) is 8.42 Å². The standard InChI is InChI=1S/C21H19NO3S/c1-16-12-14-18(15-13-16)26(23,24)20-11-7-6-10-19(20)21(22-25-2)17-8-4-3-5-9-17/h3-15H,1-2H3/b22-21+. The Labute approximate surface area is 153 Å². The minimum atomic E-state index is -3.69. The highest BCUT2D eigenvalue weighted by Gasteiger charge is 2.24. The van der Waals surface area contributed by atoms with Crippen molar-refractivity contribution in [2.24, 2.45) is 5.16 Å². The van der Waals surface area contributed by atoms with Gasteiger partial charge in [0.2, 0.25) is 9.84 Å². The molecule has 0 bridgehead atoms. The number of benzene rings is 3. The van der Waals surface area contributed by atoms with Gasteiger partial charge in [0.05, 0.1) is 9.79 Å². The van der Waals surface area contributed by atoms with Crippen molar-refractivity contribution in [3.8, 4) is 0 Å². The molecule has 0 spiro atoms. The summed E-state index contributed by atoms with van der Waals surface area (Å²) in [6, 6.07) is 23.0. The number of oxime groups is 1. The lowest BCUT2D eigenvalue weighted by atomic mass is 10.0. The molecule has 3 rings (SSSR count). The fourth-order valence-electron chi connectivity index (χ4n) is 2.69. The lowest BCUT2D eigenvalue weighted by Crippen LogP contribution is -2.12. The van der Waals surface area contributed by atoms with Crippen LogP contribution in [0, 0.1) is 6.92 Å². The Kier molecular flexibility index (Phi) is 5.19. The summed E-state index contributed by atoms with van der Waals surface area (Å²) < 4.78 is 26.4. The van der Waals surface area contributed by atoms with Gasteiger partial charge in [-0.15, -0.1) is 0 Å². The second kappa shape index (κ2) is 7.54. The molecule has 0 aliphatic rings. The quantitative estimate of drug-likeness (QED) is 0.502. The van der Waals surface area contributed by atoms with E-state index in [4.69, 9.17) is 4.84 Å². The van der Waals surface area contributed by atoms with Gasteiger partial charge >= 0.3 is 0 Å². The number of nitrogens with zero attached hydrogens (tertiary/aromatic N) is 1. The van der Waals surface area contributed by atoms with Crippen LogP contribution in [0.5, 0.6) is 0 Å². The van der Waals surface area contributed by atoms with E-state index in [0.717, 1.165) is 11.1 Å². The van der Waals surface area contributed by atoms with Crippen LogP contribution in [0.15, 0.2) is 93.8 Å². The Morgan fingerprint density at radius 3 is 2.12 bits per heavy atom. The van der Waals surface area contributed by atoms with Gasteiger partial charge in [-0.25, -0.2) is 8.42 Å². The van der Waals surface area contributed by atoms with E-state index in [0.29, 0.717) is 11.3 Å². The first-order chi connectivity index (χ1) is 12.5. The van der Waals surface area contributed by atoms with Crippen molar-refractivity contribution in [3.63, 3.8) is 0 Å².